The maximum atomic E-state index is 4.75. The molecule has 0 saturated heterocycles. The van der Waals surface area contributed by atoms with Crippen LogP contribution in [0.2, 0.25) is 0 Å². The quantitative estimate of drug-likeness (QED) is 0.282. The van der Waals surface area contributed by atoms with E-state index in [-0.39, 0.29) is 24.0 Å². The predicted molar refractivity (Wildman–Crippen MR) is 113 cm³/mol. The van der Waals surface area contributed by atoms with Crippen molar-refractivity contribution in [2.75, 3.05) is 20.1 Å². The number of unbranched alkanes of at least 4 members (excludes halogenated alkanes) is 1. The Morgan fingerprint density at radius 2 is 2.25 bits per heavy atom. The second kappa shape index (κ2) is 11.5. The summed E-state index contributed by atoms with van der Waals surface area (Å²) in [6.45, 7) is 7.80. The predicted octanol–water partition coefficient (Wildman–Crippen LogP) is 3.75. The number of hydrogen-bond donors (Lipinski definition) is 1. The summed E-state index contributed by atoms with van der Waals surface area (Å²) in [6, 6.07) is 2.16. The van der Waals surface area contributed by atoms with Crippen LogP contribution in [0, 0.1) is 6.92 Å². The molecule has 2 rings (SSSR count). The van der Waals surface area contributed by atoms with Crippen molar-refractivity contribution < 1.29 is 0 Å². The average Bonchev–Trinajstić information content (AvgIpc) is 3.18. The van der Waals surface area contributed by atoms with Gasteiger partial charge in [0.2, 0.25) is 0 Å². The number of aliphatic imine (C=N–C) groups is 1. The maximum absolute atomic E-state index is 4.75. The van der Waals surface area contributed by atoms with Crippen molar-refractivity contribution in [3.8, 4) is 0 Å². The molecule has 0 radical (unpaired) electrons. The summed E-state index contributed by atoms with van der Waals surface area (Å²) >= 11 is 1.74. The molecule has 0 aliphatic rings. The number of nitrogens with zero attached hydrogens (tertiary/aromatic N) is 4. The standard InChI is InChI=1S/C17H27N5S.HI/c1-4-18-17(21(3)13-16-7-12-23-14-16)20-8-5-6-10-22-11-9-19-15(22)2;/h7,9,11-12,14H,4-6,8,10,13H2,1-3H3,(H,18,20);1H. The number of halogens is 1. The van der Waals surface area contributed by atoms with Gasteiger partial charge in [-0.1, -0.05) is 0 Å². The van der Waals surface area contributed by atoms with E-state index in [1.807, 2.05) is 19.3 Å². The summed E-state index contributed by atoms with van der Waals surface area (Å²) in [5, 5.41) is 7.68. The van der Waals surface area contributed by atoms with Gasteiger partial charge in [0.25, 0.3) is 0 Å². The van der Waals surface area contributed by atoms with Crippen molar-refractivity contribution >= 4 is 41.3 Å². The molecule has 5 nitrogen and oxygen atoms in total. The molecule has 0 spiro atoms. The second-order valence-corrected chi connectivity index (χ2v) is 6.38. The molecular formula is C17H28IN5S. The highest BCUT2D eigenvalue weighted by Gasteiger charge is 2.06. The van der Waals surface area contributed by atoms with Crippen LogP contribution in [0.4, 0.5) is 0 Å². The van der Waals surface area contributed by atoms with Crippen molar-refractivity contribution in [3.05, 3.63) is 40.6 Å². The van der Waals surface area contributed by atoms with Crippen LogP contribution in [0.15, 0.2) is 34.2 Å². The van der Waals surface area contributed by atoms with Crippen LogP contribution in [0.3, 0.4) is 0 Å². The lowest BCUT2D eigenvalue weighted by molar-refractivity contribution is 0.476. The number of guanidine groups is 1. The molecule has 0 saturated carbocycles. The normalized spacial score (nSPS) is 11.2. The Labute approximate surface area is 166 Å². The van der Waals surface area contributed by atoms with E-state index in [1.54, 1.807) is 11.3 Å². The van der Waals surface area contributed by atoms with Crippen LogP contribution in [-0.2, 0) is 13.1 Å². The molecule has 1 N–H and O–H groups in total. The summed E-state index contributed by atoms with van der Waals surface area (Å²) in [5.41, 5.74) is 1.33. The molecule has 24 heavy (non-hydrogen) atoms. The zero-order chi connectivity index (χ0) is 16.5. The van der Waals surface area contributed by atoms with E-state index in [4.69, 9.17) is 4.99 Å². The lowest BCUT2D eigenvalue weighted by Crippen LogP contribution is -2.38. The SMILES string of the molecule is CCNC(=NCCCCn1ccnc1C)N(C)Cc1ccsc1.I. The van der Waals surface area contributed by atoms with Gasteiger partial charge in [0, 0.05) is 45.6 Å². The number of imidazole rings is 1. The number of rotatable bonds is 8. The van der Waals surface area contributed by atoms with Crippen LogP contribution in [-0.4, -0.2) is 40.5 Å². The number of thiophene rings is 1. The fourth-order valence-corrected chi connectivity index (χ4v) is 3.08. The van der Waals surface area contributed by atoms with Crippen molar-refractivity contribution in [2.45, 2.75) is 39.8 Å². The van der Waals surface area contributed by atoms with Crippen molar-refractivity contribution in [1.82, 2.24) is 19.8 Å². The minimum atomic E-state index is 0. The van der Waals surface area contributed by atoms with Gasteiger partial charge in [-0.05, 0) is 49.1 Å². The summed E-state index contributed by atoms with van der Waals surface area (Å²) in [6.07, 6.45) is 6.10. The summed E-state index contributed by atoms with van der Waals surface area (Å²) in [7, 11) is 2.09. The topological polar surface area (TPSA) is 45.5 Å². The number of nitrogens with one attached hydrogen (secondary N) is 1. The molecule has 0 fully saturated rings. The van der Waals surface area contributed by atoms with E-state index >= 15 is 0 Å². The fraction of sp³-hybridized carbons (Fsp3) is 0.529. The second-order valence-electron chi connectivity index (χ2n) is 5.60. The van der Waals surface area contributed by atoms with Crippen molar-refractivity contribution in [3.63, 3.8) is 0 Å². The molecule has 0 atom stereocenters. The summed E-state index contributed by atoms with van der Waals surface area (Å²) in [5.74, 6) is 2.06. The third-order valence-corrected chi connectivity index (χ3v) is 4.42. The van der Waals surface area contributed by atoms with Gasteiger partial charge in [-0.3, -0.25) is 4.99 Å². The zero-order valence-corrected chi connectivity index (χ0v) is 17.9. The van der Waals surface area contributed by atoms with E-state index in [0.717, 1.165) is 50.8 Å². The molecule has 0 unspecified atom stereocenters. The van der Waals surface area contributed by atoms with Gasteiger partial charge in [-0.25, -0.2) is 4.98 Å². The first-order valence-electron chi connectivity index (χ1n) is 8.19. The first-order valence-corrected chi connectivity index (χ1v) is 9.13. The van der Waals surface area contributed by atoms with E-state index in [2.05, 4.69) is 50.6 Å². The third-order valence-electron chi connectivity index (χ3n) is 3.69. The Morgan fingerprint density at radius 1 is 1.42 bits per heavy atom. The molecule has 0 aliphatic heterocycles. The molecule has 0 amide bonds. The third kappa shape index (κ3) is 6.80. The Hall–Kier alpha value is -1.09. The Kier molecular flexibility index (Phi) is 10.0. The van der Waals surface area contributed by atoms with Gasteiger partial charge < -0.3 is 14.8 Å². The first kappa shape index (κ1) is 21.0. The van der Waals surface area contributed by atoms with Crippen LogP contribution < -0.4 is 5.32 Å². The lowest BCUT2D eigenvalue weighted by atomic mass is 10.3. The lowest BCUT2D eigenvalue weighted by Gasteiger charge is -2.21. The fourth-order valence-electron chi connectivity index (χ4n) is 2.42. The van der Waals surface area contributed by atoms with E-state index < -0.39 is 0 Å². The largest absolute Gasteiger partial charge is 0.357 e. The van der Waals surface area contributed by atoms with Gasteiger partial charge in [0.05, 0.1) is 0 Å². The van der Waals surface area contributed by atoms with Gasteiger partial charge in [-0.2, -0.15) is 11.3 Å². The van der Waals surface area contributed by atoms with Crippen LogP contribution in [0.5, 0.6) is 0 Å². The molecule has 7 heteroatoms. The van der Waals surface area contributed by atoms with Gasteiger partial charge in [-0.15, -0.1) is 24.0 Å². The minimum absolute atomic E-state index is 0. The highest BCUT2D eigenvalue weighted by molar-refractivity contribution is 14.0. The van der Waals surface area contributed by atoms with Crippen molar-refractivity contribution in [1.29, 1.82) is 0 Å². The van der Waals surface area contributed by atoms with E-state index in [9.17, 15) is 0 Å². The molecule has 0 bridgehead atoms. The highest BCUT2D eigenvalue weighted by atomic mass is 127. The maximum Gasteiger partial charge on any atom is 0.193 e. The van der Waals surface area contributed by atoms with Gasteiger partial charge in [0.1, 0.15) is 5.82 Å². The zero-order valence-electron chi connectivity index (χ0n) is 14.7. The van der Waals surface area contributed by atoms with Crippen LogP contribution in [0.25, 0.3) is 0 Å². The number of aromatic nitrogens is 2. The number of hydrogen-bond acceptors (Lipinski definition) is 3. The Morgan fingerprint density at radius 3 is 2.88 bits per heavy atom. The van der Waals surface area contributed by atoms with Crippen molar-refractivity contribution in [2.24, 2.45) is 4.99 Å². The molecular weight excluding hydrogens is 433 g/mol. The Bertz CT molecular complexity index is 594. The molecule has 134 valence electrons. The molecule has 0 aliphatic carbocycles. The molecule has 2 aromatic rings. The Balaban J connectivity index is 0.00000288. The monoisotopic (exact) mass is 461 g/mol. The minimum Gasteiger partial charge on any atom is -0.357 e. The van der Waals surface area contributed by atoms with Crippen LogP contribution in [0.1, 0.15) is 31.2 Å². The summed E-state index contributed by atoms with van der Waals surface area (Å²) < 4.78 is 2.19. The smallest absolute Gasteiger partial charge is 0.193 e. The van der Waals surface area contributed by atoms with E-state index in [0.29, 0.717) is 0 Å². The van der Waals surface area contributed by atoms with Gasteiger partial charge in [0.15, 0.2) is 5.96 Å². The number of aryl methyl sites for hydroxylation is 2. The van der Waals surface area contributed by atoms with Gasteiger partial charge >= 0.3 is 0 Å². The van der Waals surface area contributed by atoms with E-state index in [1.165, 1.54) is 5.56 Å². The molecule has 2 aromatic heterocycles. The molecule has 2 heterocycles. The first-order chi connectivity index (χ1) is 11.2. The summed E-state index contributed by atoms with van der Waals surface area (Å²) in [4.78, 5) is 11.2. The highest BCUT2D eigenvalue weighted by Crippen LogP contribution is 2.08. The average molecular weight is 461 g/mol. The van der Waals surface area contributed by atoms with Crippen LogP contribution >= 0.6 is 35.3 Å². The molecule has 0 aromatic carbocycles.